The highest BCUT2D eigenvalue weighted by Crippen LogP contribution is 2.45. The van der Waals surface area contributed by atoms with E-state index in [9.17, 15) is 43.2 Å². The predicted molar refractivity (Wildman–Crippen MR) is 303 cm³/mol. The number of aliphatic hydroxyl groups is 1. The highest BCUT2D eigenvalue weighted by molar-refractivity contribution is 7.47. The molecule has 0 spiro atoms. The normalized spacial score (nSPS) is 14.4. The summed E-state index contributed by atoms with van der Waals surface area (Å²) in [5.41, 5.74) is 0. The maximum absolute atomic E-state index is 12.9. The van der Waals surface area contributed by atoms with Crippen molar-refractivity contribution >= 4 is 39.5 Å². The van der Waals surface area contributed by atoms with Crippen LogP contribution in [-0.4, -0.2) is 96.7 Å². The van der Waals surface area contributed by atoms with Gasteiger partial charge in [-0.25, -0.2) is 9.13 Å². The molecule has 3 N–H and O–H groups in total. The fourth-order valence-corrected chi connectivity index (χ4v) is 10.1. The maximum Gasteiger partial charge on any atom is 0.472 e. The summed E-state index contributed by atoms with van der Waals surface area (Å²) in [6.07, 6.45) is 33.8. The van der Waals surface area contributed by atoms with Gasteiger partial charge in [-0.3, -0.25) is 37.3 Å². The summed E-state index contributed by atoms with van der Waals surface area (Å²) < 4.78 is 67.5. The first-order valence-corrected chi connectivity index (χ1v) is 33.6. The van der Waals surface area contributed by atoms with Gasteiger partial charge in [-0.05, 0) is 31.6 Å². The molecule has 0 bridgehead atoms. The van der Waals surface area contributed by atoms with Gasteiger partial charge in [-0.1, -0.05) is 234 Å². The van der Waals surface area contributed by atoms with Gasteiger partial charge in [0, 0.05) is 25.7 Å². The van der Waals surface area contributed by atoms with Crippen LogP contribution in [-0.2, 0) is 65.4 Å². The molecule has 19 heteroatoms. The van der Waals surface area contributed by atoms with Crippen LogP contribution in [0.2, 0.25) is 0 Å². The molecule has 0 amide bonds. The van der Waals surface area contributed by atoms with Crippen molar-refractivity contribution in [3.63, 3.8) is 0 Å². The van der Waals surface area contributed by atoms with Gasteiger partial charge in [0.2, 0.25) is 0 Å². The molecule has 0 aromatic carbocycles. The van der Waals surface area contributed by atoms with Gasteiger partial charge in [0.25, 0.3) is 0 Å². The van der Waals surface area contributed by atoms with E-state index in [2.05, 4.69) is 34.6 Å². The molecule has 0 saturated carbocycles. The van der Waals surface area contributed by atoms with Crippen molar-refractivity contribution in [3.05, 3.63) is 0 Å². The first-order valence-electron chi connectivity index (χ1n) is 30.6. The van der Waals surface area contributed by atoms with Crippen LogP contribution >= 0.6 is 15.6 Å². The lowest BCUT2D eigenvalue weighted by atomic mass is 10.0. The Labute approximate surface area is 467 Å². The van der Waals surface area contributed by atoms with Crippen LogP contribution in [0.1, 0.15) is 285 Å². The molecule has 17 nitrogen and oxygen atoms in total. The van der Waals surface area contributed by atoms with Crippen LogP contribution in [0.3, 0.4) is 0 Å². The Bertz CT molecular complexity index is 1520. The first kappa shape index (κ1) is 75.1. The molecular weight excluding hydrogens is 1030 g/mol. The largest absolute Gasteiger partial charge is 0.472 e. The number of carbonyl (C=O) groups excluding carboxylic acids is 4. The smallest absolute Gasteiger partial charge is 0.462 e. The summed E-state index contributed by atoms with van der Waals surface area (Å²) in [6, 6.07) is 0. The van der Waals surface area contributed by atoms with E-state index in [0.717, 1.165) is 109 Å². The van der Waals surface area contributed by atoms with E-state index in [1.807, 2.05) is 0 Å². The average Bonchev–Trinajstić information content (AvgIpc) is 3.39. The van der Waals surface area contributed by atoms with Gasteiger partial charge in [0.05, 0.1) is 26.4 Å². The second-order valence-corrected chi connectivity index (χ2v) is 24.4. The van der Waals surface area contributed by atoms with Crippen LogP contribution in [0.4, 0.5) is 0 Å². The Morgan fingerprint density at radius 2 is 0.597 bits per heavy atom. The summed E-state index contributed by atoms with van der Waals surface area (Å²) in [6.45, 7) is 7.01. The molecule has 0 aromatic rings. The fourth-order valence-electron chi connectivity index (χ4n) is 8.52. The zero-order chi connectivity index (χ0) is 57.1. The Morgan fingerprint density at radius 3 is 0.883 bits per heavy atom. The molecule has 0 aromatic heterocycles. The lowest BCUT2D eigenvalue weighted by Crippen LogP contribution is -2.30. The SMILES string of the molecule is CCCCCCCCCCCCCCC(=O)OC[C@H](COP(=O)(O)OC[C@@H](O)COP(=O)(O)OC[C@@H](COC(=O)CCCCCCC)OC(=O)CCCCCCCCCC)OC(=O)CCCCCCCCCCCC(C)C. The number of unbranched alkanes of at least 4 members (excludes halogenated alkanes) is 30. The topological polar surface area (TPSA) is 237 Å². The summed E-state index contributed by atoms with van der Waals surface area (Å²) in [7, 11) is -9.86. The number of phosphoric ester groups is 2. The number of hydrogen-bond donors (Lipinski definition) is 3. The predicted octanol–water partition coefficient (Wildman–Crippen LogP) is 15.5. The molecule has 0 saturated heterocycles. The first-order chi connectivity index (χ1) is 37.0. The van der Waals surface area contributed by atoms with Gasteiger partial charge in [-0.15, -0.1) is 0 Å². The number of hydrogen-bond acceptors (Lipinski definition) is 15. The minimum absolute atomic E-state index is 0.104. The summed E-state index contributed by atoms with van der Waals surface area (Å²) in [4.78, 5) is 71.6. The van der Waals surface area contributed by atoms with Gasteiger partial charge in [-0.2, -0.15) is 0 Å². The molecule has 77 heavy (non-hydrogen) atoms. The van der Waals surface area contributed by atoms with Crippen molar-refractivity contribution in [2.45, 2.75) is 303 Å². The molecule has 0 fully saturated rings. The quantitative estimate of drug-likeness (QED) is 0.0222. The second kappa shape index (κ2) is 52.2. The second-order valence-electron chi connectivity index (χ2n) is 21.5. The molecule has 0 aliphatic rings. The zero-order valence-electron chi connectivity index (χ0n) is 49.1. The average molecular weight is 1140 g/mol. The van der Waals surface area contributed by atoms with Gasteiger partial charge in [0.1, 0.15) is 19.3 Å². The molecule has 0 rings (SSSR count). The number of esters is 4. The van der Waals surface area contributed by atoms with Crippen molar-refractivity contribution < 1.29 is 80.2 Å². The third-order valence-corrected chi connectivity index (χ3v) is 15.2. The molecule has 2 unspecified atom stereocenters. The molecule has 5 atom stereocenters. The zero-order valence-corrected chi connectivity index (χ0v) is 50.9. The Morgan fingerprint density at radius 1 is 0.351 bits per heavy atom. The monoisotopic (exact) mass is 1140 g/mol. The van der Waals surface area contributed by atoms with E-state index in [1.165, 1.54) is 96.3 Å². The minimum atomic E-state index is -4.94. The summed E-state index contributed by atoms with van der Waals surface area (Å²) >= 11 is 0. The Kier molecular flexibility index (Phi) is 50.8. The van der Waals surface area contributed by atoms with Crippen LogP contribution in [0.25, 0.3) is 0 Å². The van der Waals surface area contributed by atoms with Crippen LogP contribution < -0.4 is 0 Å². The third-order valence-electron chi connectivity index (χ3n) is 13.3. The maximum atomic E-state index is 12.9. The third kappa shape index (κ3) is 53.2. The molecule has 0 radical (unpaired) electrons. The van der Waals surface area contributed by atoms with E-state index in [4.69, 9.17) is 37.0 Å². The molecule has 0 heterocycles. The number of ether oxygens (including phenoxy) is 4. The van der Waals surface area contributed by atoms with E-state index in [1.54, 1.807) is 0 Å². The molecular formula is C58H112O17P2. The van der Waals surface area contributed by atoms with Gasteiger partial charge < -0.3 is 33.8 Å². The van der Waals surface area contributed by atoms with Crippen molar-refractivity contribution in [1.29, 1.82) is 0 Å². The van der Waals surface area contributed by atoms with Crippen molar-refractivity contribution in [1.82, 2.24) is 0 Å². The standard InChI is InChI=1S/C58H112O17P2/c1-6-9-12-15-17-19-20-21-24-28-32-37-42-56(61)69-48-54(75-58(63)44-39-34-29-25-22-23-26-31-35-40-51(4)5)50-73-77(66,67)71-46-52(59)45-70-76(64,65)72-49-53(47-68-55(60)41-36-30-14-11-8-3)74-57(62)43-38-33-27-18-16-13-10-7-2/h51-54,59H,6-50H2,1-5H3,(H,64,65)(H,66,67)/t52-,53+,54+/m0/s1. The van der Waals surface area contributed by atoms with E-state index in [-0.39, 0.29) is 25.7 Å². The number of carbonyl (C=O) groups is 4. The van der Waals surface area contributed by atoms with Crippen molar-refractivity contribution in [2.24, 2.45) is 5.92 Å². The van der Waals surface area contributed by atoms with Crippen LogP contribution in [0.15, 0.2) is 0 Å². The van der Waals surface area contributed by atoms with Gasteiger partial charge in [0.15, 0.2) is 12.2 Å². The van der Waals surface area contributed by atoms with E-state index in [0.29, 0.717) is 25.7 Å². The molecule has 456 valence electrons. The molecule has 0 aliphatic heterocycles. The van der Waals surface area contributed by atoms with Crippen molar-refractivity contribution in [3.8, 4) is 0 Å². The number of rotatable bonds is 58. The van der Waals surface area contributed by atoms with E-state index < -0.39 is 97.5 Å². The lowest BCUT2D eigenvalue weighted by Gasteiger charge is -2.21. The highest BCUT2D eigenvalue weighted by atomic mass is 31.2. The van der Waals surface area contributed by atoms with E-state index >= 15 is 0 Å². The Balaban J connectivity index is 5.18. The fraction of sp³-hybridized carbons (Fsp3) is 0.931. The minimum Gasteiger partial charge on any atom is -0.462 e. The van der Waals surface area contributed by atoms with Crippen molar-refractivity contribution in [2.75, 3.05) is 39.6 Å². The number of aliphatic hydroxyl groups excluding tert-OH is 1. The Hall–Kier alpha value is -1.94. The van der Waals surface area contributed by atoms with Gasteiger partial charge >= 0.3 is 39.5 Å². The summed E-state index contributed by atoms with van der Waals surface area (Å²) in [5.74, 6) is -1.42. The summed E-state index contributed by atoms with van der Waals surface area (Å²) in [5, 5.41) is 10.5. The number of phosphoric acid groups is 2. The van der Waals surface area contributed by atoms with Crippen LogP contribution in [0, 0.1) is 5.92 Å². The highest BCUT2D eigenvalue weighted by Gasteiger charge is 2.30. The lowest BCUT2D eigenvalue weighted by molar-refractivity contribution is -0.161. The molecule has 0 aliphatic carbocycles. The van der Waals surface area contributed by atoms with Crippen LogP contribution in [0.5, 0.6) is 0 Å².